The molecule has 0 spiro atoms. The molecule has 1 unspecified atom stereocenters. The van der Waals surface area contributed by atoms with Crippen LogP contribution in [0.5, 0.6) is 0 Å². The van der Waals surface area contributed by atoms with Gasteiger partial charge in [0.15, 0.2) is 0 Å². The first-order valence-corrected chi connectivity index (χ1v) is 11.9. The number of sulfonamides is 1. The number of nitrogens with one attached hydrogen (secondary N) is 2. The van der Waals surface area contributed by atoms with Crippen molar-refractivity contribution in [1.82, 2.24) is 28.7 Å². The van der Waals surface area contributed by atoms with Crippen LogP contribution in [0.25, 0.3) is 22.1 Å². The smallest absolute Gasteiger partial charge is 0.306 e. The first-order chi connectivity index (χ1) is 15.8. The van der Waals surface area contributed by atoms with Gasteiger partial charge in [-0.3, -0.25) is 9.47 Å². The molecule has 0 bridgehead atoms. The number of aromatic amines is 2. The topological polar surface area (TPSA) is 107 Å². The number of hydrogen-bond donors (Lipinski definition) is 2. The van der Waals surface area contributed by atoms with E-state index in [9.17, 15) is 22.0 Å². The Morgan fingerprint density at radius 3 is 2.42 bits per heavy atom. The first kappa shape index (κ1) is 21.7. The minimum atomic E-state index is -3.77. The number of aromatic nitrogens is 4. The van der Waals surface area contributed by atoms with Crippen molar-refractivity contribution in [2.24, 2.45) is 0 Å². The highest BCUT2D eigenvalue weighted by molar-refractivity contribution is 7.89. The summed E-state index contributed by atoms with van der Waals surface area (Å²) in [6, 6.07) is 10.8. The predicted octanol–water partition coefficient (Wildman–Crippen LogP) is 2.67. The van der Waals surface area contributed by atoms with E-state index < -0.39 is 28.3 Å². The molecule has 174 valence electrons. The summed E-state index contributed by atoms with van der Waals surface area (Å²) in [5, 5.41) is 0. The maximum atomic E-state index is 13.8. The van der Waals surface area contributed by atoms with Gasteiger partial charge in [-0.2, -0.15) is 13.1 Å². The summed E-state index contributed by atoms with van der Waals surface area (Å²) in [4.78, 5) is 23.1. The van der Waals surface area contributed by atoms with Crippen LogP contribution in [-0.2, 0) is 10.0 Å². The standard InChI is InChI=1S/C21H22F2N6O3S/c1-13(19-24-16-4-2-3-5-18(16)29(19)20(22)23)27-8-10-28(11-9-27)33(31,32)14-6-7-15-17(12-14)26-21(30)25-15/h2-7,12-13,20H,8-11H2,1H3,(H2,25,26,30). The van der Waals surface area contributed by atoms with E-state index >= 15 is 0 Å². The maximum Gasteiger partial charge on any atom is 0.323 e. The maximum absolute atomic E-state index is 13.8. The number of halogens is 2. The van der Waals surface area contributed by atoms with Crippen molar-refractivity contribution >= 4 is 32.1 Å². The van der Waals surface area contributed by atoms with Crippen LogP contribution in [0, 0.1) is 0 Å². The second-order valence-corrected chi connectivity index (χ2v) is 9.95. The second-order valence-electron chi connectivity index (χ2n) is 8.01. The van der Waals surface area contributed by atoms with E-state index in [1.807, 2.05) is 4.90 Å². The number of rotatable bonds is 5. The Balaban J connectivity index is 1.36. The van der Waals surface area contributed by atoms with Gasteiger partial charge in [0.25, 0.3) is 0 Å². The molecule has 12 heteroatoms. The molecule has 1 fully saturated rings. The number of hydrogen-bond acceptors (Lipinski definition) is 5. The summed E-state index contributed by atoms with van der Waals surface area (Å²) < 4.78 is 56.2. The van der Waals surface area contributed by atoms with Gasteiger partial charge in [-0.25, -0.2) is 18.2 Å². The highest BCUT2D eigenvalue weighted by Crippen LogP contribution is 2.30. The molecular weight excluding hydrogens is 454 g/mol. The van der Waals surface area contributed by atoms with Gasteiger partial charge in [0.2, 0.25) is 10.0 Å². The molecule has 1 aliphatic rings. The number of imidazole rings is 2. The van der Waals surface area contributed by atoms with E-state index in [-0.39, 0.29) is 23.8 Å². The Bertz CT molecular complexity index is 1480. The minimum absolute atomic E-state index is 0.0891. The molecule has 2 aromatic carbocycles. The summed E-state index contributed by atoms with van der Waals surface area (Å²) in [5.41, 5.74) is 1.41. The zero-order chi connectivity index (χ0) is 23.3. The molecule has 0 aliphatic carbocycles. The third-order valence-electron chi connectivity index (χ3n) is 6.14. The van der Waals surface area contributed by atoms with E-state index in [0.717, 1.165) is 4.57 Å². The third kappa shape index (κ3) is 3.73. The number of H-pyrrole nitrogens is 2. The quantitative estimate of drug-likeness (QED) is 0.461. The number of para-hydroxylation sites is 2. The van der Waals surface area contributed by atoms with Crippen LogP contribution in [0.15, 0.2) is 52.2 Å². The zero-order valence-corrected chi connectivity index (χ0v) is 18.5. The van der Waals surface area contributed by atoms with Crippen molar-refractivity contribution < 1.29 is 17.2 Å². The third-order valence-corrected chi connectivity index (χ3v) is 8.03. The number of fused-ring (bicyclic) bond motifs is 2. The molecule has 1 saturated heterocycles. The average Bonchev–Trinajstić information content (AvgIpc) is 3.37. The molecule has 0 radical (unpaired) electrons. The van der Waals surface area contributed by atoms with Crippen molar-refractivity contribution in [2.75, 3.05) is 26.2 Å². The fraction of sp³-hybridized carbons (Fsp3) is 0.333. The molecule has 1 aliphatic heterocycles. The molecule has 5 rings (SSSR count). The molecule has 9 nitrogen and oxygen atoms in total. The van der Waals surface area contributed by atoms with Gasteiger partial charge in [0, 0.05) is 26.2 Å². The Morgan fingerprint density at radius 2 is 1.70 bits per heavy atom. The van der Waals surface area contributed by atoms with Gasteiger partial charge in [0.05, 0.1) is 33.0 Å². The summed E-state index contributed by atoms with van der Waals surface area (Å²) in [6.07, 6.45) is 0. The van der Waals surface area contributed by atoms with Crippen LogP contribution < -0.4 is 5.69 Å². The normalized spacial score (nSPS) is 17.3. The molecule has 0 amide bonds. The lowest BCUT2D eigenvalue weighted by molar-refractivity contribution is 0.0616. The number of nitrogens with zero attached hydrogens (tertiary/aromatic N) is 4. The lowest BCUT2D eigenvalue weighted by atomic mass is 10.2. The van der Waals surface area contributed by atoms with E-state index in [1.165, 1.54) is 16.4 Å². The Hall–Kier alpha value is -3.09. The minimum Gasteiger partial charge on any atom is -0.306 e. The van der Waals surface area contributed by atoms with Crippen LogP contribution in [-0.4, -0.2) is 63.3 Å². The lowest BCUT2D eigenvalue weighted by Gasteiger charge is -2.37. The highest BCUT2D eigenvalue weighted by atomic mass is 32.2. The van der Waals surface area contributed by atoms with Crippen molar-refractivity contribution in [3.63, 3.8) is 0 Å². The lowest BCUT2D eigenvalue weighted by Crippen LogP contribution is -2.49. The van der Waals surface area contributed by atoms with Gasteiger partial charge in [-0.15, -0.1) is 0 Å². The van der Waals surface area contributed by atoms with Crippen LogP contribution in [0.3, 0.4) is 0 Å². The van der Waals surface area contributed by atoms with E-state index in [2.05, 4.69) is 15.0 Å². The average molecular weight is 477 g/mol. The fourth-order valence-electron chi connectivity index (χ4n) is 4.38. The Morgan fingerprint density at radius 1 is 1.00 bits per heavy atom. The van der Waals surface area contributed by atoms with Crippen molar-refractivity contribution in [3.05, 3.63) is 58.8 Å². The number of piperazine rings is 1. The monoisotopic (exact) mass is 476 g/mol. The van der Waals surface area contributed by atoms with Gasteiger partial charge in [0.1, 0.15) is 5.82 Å². The van der Waals surface area contributed by atoms with E-state index in [1.54, 1.807) is 37.3 Å². The van der Waals surface area contributed by atoms with Gasteiger partial charge >= 0.3 is 12.2 Å². The predicted molar refractivity (Wildman–Crippen MR) is 119 cm³/mol. The number of alkyl halides is 2. The Labute approximate surface area is 187 Å². The van der Waals surface area contributed by atoms with Crippen LogP contribution in [0.2, 0.25) is 0 Å². The van der Waals surface area contributed by atoms with Gasteiger partial charge in [-0.1, -0.05) is 12.1 Å². The van der Waals surface area contributed by atoms with Crippen LogP contribution in [0.4, 0.5) is 8.78 Å². The molecule has 0 saturated carbocycles. The fourth-order valence-corrected chi connectivity index (χ4v) is 5.83. The van der Waals surface area contributed by atoms with Gasteiger partial charge in [-0.05, 0) is 37.3 Å². The van der Waals surface area contributed by atoms with Crippen molar-refractivity contribution in [2.45, 2.75) is 24.4 Å². The molecule has 4 aromatic rings. The molecule has 3 heterocycles. The highest BCUT2D eigenvalue weighted by Gasteiger charge is 2.33. The molecular formula is C21H22F2N6O3S. The van der Waals surface area contributed by atoms with E-state index in [0.29, 0.717) is 35.2 Å². The summed E-state index contributed by atoms with van der Waals surface area (Å²) in [6.45, 7) is 0.241. The van der Waals surface area contributed by atoms with Crippen LogP contribution in [0.1, 0.15) is 25.3 Å². The summed E-state index contributed by atoms with van der Waals surface area (Å²) in [7, 11) is -3.77. The summed E-state index contributed by atoms with van der Waals surface area (Å²) in [5.74, 6) is 0.254. The molecule has 1 atom stereocenters. The summed E-state index contributed by atoms with van der Waals surface area (Å²) >= 11 is 0. The zero-order valence-electron chi connectivity index (χ0n) is 17.7. The SMILES string of the molecule is CC(c1nc2ccccc2n1C(F)F)N1CCN(S(=O)(=O)c2ccc3[nH]c(=O)[nH]c3c2)CC1. The first-order valence-electron chi connectivity index (χ1n) is 10.5. The van der Waals surface area contributed by atoms with Crippen LogP contribution >= 0.6 is 0 Å². The van der Waals surface area contributed by atoms with Crippen molar-refractivity contribution in [3.8, 4) is 0 Å². The molecule has 2 N–H and O–H groups in total. The van der Waals surface area contributed by atoms with Gasteiger partial charge < -0.3 is 9.97 Å². The van der Waals surface area contributed by atoms with E-state index in [4.69, 9.17) is 0 Å². The molecule has 2 aromatic heterocycles. The number of benzene rings is 2. The molecule has 33 heavy (non-hydrogen) atoms. The Kier molecular flexibility index (Phi) is 5.30. The largest absolute Gasteiger partial charge is 0.323 e. The van der Waals surface area contributed by atoms with Crippen molar-refractivity contribution in [1.29, 1.82) is 0 Å². The second kappa shape index (κ2) is 8.04.